The molecule has 1 aliphatic rings. The maximum atomic E-state index is 11.0. The van der Waals surface area contributed by atoms with Crippen LogP contribution >= 0.6 is 35.0 Å². The Balaban J connectivity index is 2.31. The average molecular weight is 262 g/mol. The van der Waals surface area contributed by atoms with E-state index >= 15 is 0 Å². The Hall–Kier alpha value is -0.710. The Labute approximate surface area is 100 Å². The third-order valence-corrected chi connectivity index (χ3v) is 3.32. The first kappa shape index (κ1) is 10.8. The van der Waals surface area contributed by atoms with Gasteiger partial charge in [-0.25, -0.2) is 0 Å². The predicted octanol–water partition coefficient (Wildman–Crippen LogP) is 2.38. The van der Waals surface area contributed by atoms with Gasteiger partial charge in [0, 0.05) is 10.0 Å². The first-order valence-electron chi connectivity index (χ1n) is 4.04. The molecule has 0 aliphatic carbocycles. The number of rotatable bonds is 1. The van der Waals surface area contributed by atoms with E-state index in [1.54, 1.807) is 18.2 Å². The van der Waals surface area contributed by atoms with E-state index in [9.17, 15) is 9.59 Å². The highest BCUT2D eigenvalue weighted by Crippen LogP contribution is 2.34. The molecule has 0 bridgehead atoms. The van der Waals surface area contributed by atoms with E-state index in [1.807, 2.05) is 0 Å². The summed E-state index contributed by atoms with van der Waals surface area (Å²) in [6.07, 6.45) is 0. The van der Waals surface area contributed by atoms with Gasteiger partial charge >= 0.3 is 0 Å². The van der Waals surface area contributed by atoms with Gasteiger partial charge in [0.15, 0.2) is 0 Å². The van der Waals surface area contributed by atoms with Crippen LogP contribution in [0.25, 0.3) is 0 Å². The average Bonchev–Trinajstić information content (AvgIpc) is 2.45. The van der Waals surface area contributed by atoms with Gasteiger partial charge in [0.1, 0.15) is 5.37 Å². The van der Waals surface area contributed by atoms with Crippen LogP contribution in [-0.4, -0.2) is 11.0 Å². The molecule has 15 heavy (non-hydrogen) atoms. The van der Waals surface area contributed by atoms with Crippen molar-refractivity contribution in [1.82, 2.24) is 5.32 Å². The molecule has 1 atom stereocenters. The monoisotopic (exact) mass is 261 g/mol. The highest BCUT2D eigenvalue weighted by Gasteiger charge is 2.31. The smallest absolute Gasteiger partial charge is 0.299 e. The Kier molecular flexibility index (Phi) is 2.91. The van der Waals surface area contributed by atoms with Crippen molar-refractivity contribution >= 4 is 46.0 Å². The van der Waals surface area contributed by atoms with E-state index < -0.39 is 11.0 Å². The zero-order chi connectivity index (χ0) is 11.0. The van der Waals surface area contributed by atoms with Crippen molar-refractivity contribution in [3.63, 3.8) is 0 Å². The van der Waals surface area contributed by atoms with Crippen LogP contribution in [0, 0.1) is 0 Å². The maximum Gasteiger partial charge on any atom is 0.299 e. The molecule has 1 aliphatic heterocycles. The number of hydrogen-bond donors (Lipinski definition) is 1. The van der Waals surface area contributed by atoms with Crippen LogP contribution in [-0.2, 0) is 9.59 Å². The van der Waals surface area contributed by atoms with E-state index in [0.29, 0.717) is 10.0 Å². The minimum Gasteiger partial charge on any atom is -0.332 e. The second kappa shape index (κ2) is 4.04. The highest BCUT2D eigenvalue weighted by molar-refractivity contribution is 8.16. The minimum absolute atomic E-state index is 0.388. The third kappa shape index (κ3) is 2.27. The molecule has 0 aromatic heterocycles. The molecule has 1 saturated heterocycles. The molecular weight excluding hydrogens is 257 g/mol. The standard InChI is InChI=1S/C9H5Cl2NO2S/c10-5-1-4(2-6(11)3-5)8-12-7(13)9(14)15-8/h1-3,8H,(H,12,13). The molecule has 0 spiro atoms. The number of benzene rings is 1. The molecule has 1 aromatic rings. The van der Waals surface area contributed by atoms with Gasteiger partial charge in [-0.1, -0.05) is 23.2 Å². The van der Waals surface area contributed by atoms with Crippen molar-refractivity contribution in [1.29, 1.82) is 0 Å². The van der Waals surface area contributed by atoms with Gasteiger partial charge in [-0.2, -0.15) is 0 Å². The normalized spacial score (nSPS) is 20.5. The molecule has 2 rings (SSSR count). The zero-order valence-corrected chi connectivity index (χ0v) is 9.62. The Morgan fingerprint density at radius 2 is 1.73 bits per heavy atom. The molecule has 1 unspecified atom stereocenters. The van der Waals surface area contributed by atoms with Gasteiger partial charge in [0.2, 0.25) is 0 Å². The molecule has 78 valence electrons. The molecular formula is C9H5Cl2NO2S. The number of hydrogen-bond acceptors (Lipinski definition) is 3. The molecule has 1 N–H and O–H groups in total. The van der Waals surface area contributed by atoms with Crippen molar-refractivity contribution in [3.8, 4) is 0 Å². The lowest BCUT2D eigenvalue weighted by Gasteiger charge is -2.09. The lowest BCUT2D eigenvalue weighted by Crippen LogP contribution is -2.21. The lowest BCUT2D eigenvalue weighted by atomic mass is 10.2. The maximum absolute atomic E-state index is 11.0. The quantitative estimate of drug-likeness (QED) is 0.790. The van der Waals surface area contributed by atoms with Crippen LogP contribution in [0.1, 0.15) is 10.9 Å². The van der Waals surface area contributed by atoms with Gasteiger partial charge in [-0.05, 0) is 35.5 Å². The zero-order valence-electron chi connectivity index (χ0n) is 7.29. The van der Waals surface area contributed by atoms with Crippen molar-refractivity contribution in [3.05, 3.63) is 33.8 Å². The van der Waals surface area contributed by atoms with Gasteiger partial charge in [0.05, 0.1) is 0 Å². The second-order valence-electron chi connectivity index (χ2n) is 2.96. The van der Waals surface area contributed by atoms with Crippen LogP contribution in [0.15, 0.2) is 18.2 Å². The fraction of sp³-hybridized carbons (Fsp3) is 0.111. The molecule has 6 heteroatoms. The summed E-state index contributed by atoms with van der Waals surface area (Å²) in [5, 5.41) is 2.61. The minimum atomic E-state index is -0.582. The number of carbonyl (C=O) groups is 2. The number of thioether (sulfide) groups is 1. The van der Waals surface area contributed by atoms with Crippen molar-refractivity contribution in [2.75, 3.05) is 0 Å². The summed E-state index contributed by atoms with van der Waals surface area (Å²) in [6.45, 7) is 0. The van der Waals surface area contributed by atoms with Gasteiger partial charge < -0.3 is 5.32 Å². The largest absolute Gasteiger partial charge is 0.332 e. The van der Waals surface area contributed by atoms with Crippen LogP contribution in [0.2, 0.25) is 10.0 Å². The lowest BCUT2D eigenvalue weighted by molar-refractivity contribution is -0.132. The van der Waals surface area contributed by atoms with Crippen molar-refractivity contribution in [2.45, 2.75) is 5.37 Å². The van der Waals surface area contributed by atoms with Crippen molar-refractivity contribution < 1.29 is 9.59 Å². The number of carbonyl (C=O) groups excluding carboxylic acids is 2. The van der Waals surface area contributed by atoms with Crippen LogP contribution in [0.5, 0.6) is 0 Å². The Morgan fingerprint density at radius 3 is 2.20 bits per heavy atom. The molecule has 1 heterocycles. The van der Waals surface area contributed by atoms with E-state index in [1.165, 1.54) is 0 Å². The van der Waals surface area contributed by atoms with E-state index in [4.69, 9.17) is 23.2 Å². The van der Waals surface area contributed by atoms with E-state index in [0.717, 1.165) is 17.3 Å². The van der Waals surface area contributed by atoms with Gasteiger partial charge in [-0.3, -0.25) is 9.59 Å². The summed E-state index contributed by atoms with van der Waals surface area (Å²) in [4.78, 5) is 22.0. The fourth-order valence-corrected chi connectivity index (χ4v) is 2.61. The predicted molar refractivity (Wildman–Crippen MR) is 59.9 cm³/mol. The molecule has 0 radical (unpaired) electrons. The first-order chi connectivity index (χ1) is 7.06. The molecule has 0 saturated carbocycles. The highest BCUT2D eigenvalue weighted by atomic mass is 35.5. The summed E-state index contributed by atoms with van der Waals surface area (Å²) < 4.78 is 0. The molecule has 1 aromatic carbocycles. The Bertz CT molecular complexity index is 413. The summed E-state index contributed by atoms with van der Waals surface area (Å²) in [6, 6.07) is 4.93. The topological polar surface area (TPSA) is 46.2 Å². The van der Waals surface area contributed by atoms with E-state index in [-0.39, 0.29) is 5.37 Å². The summed E-state index contributed by atoms with van der Waals surface area (Å²) in [5.74, 6) is -0.582. The van der Waals surface area contributed by atoms with Crippen LogP contribution in [0.4, 0.5) is 0 Å². The van der Waals surface area contributed by atoms with Crippen LogP contribution in [0.3, 0.4) is 0 Å². The van der Waals surface area contributed by atoms with Gasteiger partial charge in [0.25, 0.3) is 11.0 Å². The summed E-state index contributed by atoms with van der Waals surface area (Å²) in [7, 11) is 0. The fourth-order valence-electron chi connectivity index (χ4n) is 1.25. The second-order valence-corrected chi connectivity index (χ2v) is 4.91. The number of nitrogens with one attached hydrogen (secondary N) is 1. The first-order valence-corrected chi connectivity index (χ1v) is 5.67. The van der Waals surface area contributed by atoms with Gasteiger partial charge in [-0.15, -0.1) is 0 Å². The van der Waals surface area contributed by atoms with E-state index in [2.05, 4.69) is 5.32 Å². The summed E-state index contributed by atoms with van der Waals surface area (Å²) >= 11 is 12.5. The van der Waals surface area contributed by atoms with Crippen molar-refractivity contribution in [2.24, 2.45) is 0 Å². The van der Waals surface area contributed by atoms with Crippen LogP contribution < -0.4 is 5.32 Å². The molecule has 1 amide bonds. The number of halogens is 2. The Morgan fingerprint density at radius 1 is 1.13 bits per heavy atom. The molecule has 3 nitrogen and oxygen atoms in total. The SMILES string of the molecule is O=C1NC(c2cc(Cl)cc(Cl)c2)SC1=O. The number of amides is 1. The summed E-state index contributed by atoms with van der Waals surface area (Å²) in [5.41, 5.74) is 0.719. The third-order valence-electron chi connectivity index (χ3n) is 1.86. The molecule has 1 fully saturated rings.